The third kappa shape index (κ3) is 2.11. The molecule has 1 saturated heterocycles. The Morgan fingerprint density at radius 2 is 1.95 bits per heavy atom. The van der Waals surface area contributed by atoms with Crippen LogP contribution in [-0.2, 0) is 4.79 Å². The van der Waals surface area contributed by atoms with E-state index in [4.69, 9.17) is 4.42 Å². The molecular formula is C18H26N2O2. The van der Waals surface area contributed by atoms with Gasteiger partial charge in [-0.3, -0.25) is 10.1 Å². The summed E-state index contributed by atoms with van der Waals surface area (Å²) in [7, 11) is 0. The first kappa shape index (κ1) is 14.3. The lowest BCUT2D eigenvalue weighted by Crippen LogP contribution is -2.48. The third-order valence-corrected chi connectivity index (χ3v) is 5.83. The molecule has 1 spiro atoms. The van der Waals surface area contributed by atoms with Gasteiger partial charge in [0.15, 0.2) is 0 Å². The molecule has 1 aliphatic heterocycles. The first-order chi connectivity index (χ1) is 10.6. The van der Waals surface area contributed by atoms with Gasteiger partial charge >= 0.3 is 0 Å². The summed E-state index contributed by atoms with van der Waals surface area (Å²) >= 11 is 0. The van der Waals surface area contributed by atoms with E-state index < -0.39 is 0 Å². The van der Waals surface area contributed by atoms with Crippen molar-refractivity contribution in [3.05, 3.63) is 23.7 Å². The summed E-state index contributed by atoms with van der Waals surface area (Å²) in [5.41, 5.74) is -0.335. The number of hydrogen-bond donors (Lipinski definition) is 1. The number of likely N-dealkylation sites (N-methyl/N-ethyl adjacent to an activating group) is 1. The topological polar surface area (TPSA) is 45.5 Å². The quantitative estimate of drug-likeness (QED) is 0.928. The van der Waals surface area contributed by atoms with Gasteiger partial charge in [0.2, 0.25) is 5.91 Å². The lowest BCUT2D eigenvalue weighted by Gasteiger charge is -2.31. The summed E-state index contributed by atoms with van der Waals surface area (Å²) in [4.78, 5) is 14.9. The second-order valence-corrected chi connectivity index (χ2v) is 7.34. The molecule has 1 amide bonds. The summed E-state index contributed by atoms with van der Waals surface area (Å²) in [6.07, 6.45) is 6.61. The van der Waals surface area contributed by atoms with E-state index in [2.05, 4.69) is 31.3 Å². The maximum absolute atomic E-state index is 12.9. The van der Waals surface area contributed by atoms with Gasteiger partial charge in [0.25, 0.3) is 0 Å². The van der Waals surface area contributed by atoms with Crippen LogP contribution in [0.3, 0.4) is 0 Å². The van der Waals surface area contributed by atoms with E-state index >= 15 is 0 Å². The van der Waals surface area contributed by atoms with E-state index in [0.29, 0.717) is 5.92 Å². The number of rotatable bonds is 3. The van der Waals surface area contributed by atoms with Gasteiger partial charge in [0.05, 0.1) is 5.54 Å². The normalized spacial score (nSPS) is 33.6. The average Bonchev–Trinajstić information content (AvgIpc) is 2.98. The highest BCUT2D eigenvalue weighted by Crippen LogP contribution is 2.48. The Kier molecular flexibility index (Phi) is 3.33. The predicted octanol–water partition coefficient (Wildman–Crippen LogP) is 3.56. The van der Waals surface area contributed by atoms with Gasteiger partial charge < -0.3 is 9.32 Å². The number of furan rings is 1. The summed E-state index contributed by atoms with van der Waals surface area (Å²) in [5.74, 6) is 3.61. The van der Waals surface area contributed by atoms with Crippen LogP contribution in [0.25, 0.3) is 0 Å². The molecule has 22 heavy (non-hydrogen) atoms. The average molecular weight is 302 g/mol. The smallest absolute Gasteiger partial charge is 0.244 e. The second kappa shape index (κ2) is 5.12. The molecule has 3 unspecified atom stereocenters. The van der Waals surface area contributed by atoms with Crippen LogP contribution in [0.5, 0.6) is 0 Å². The van der Waals surface area contributed by atoms with Crippen LogP contribution >= 0.6 is 0 Å². The number of carbonyl (C=O) groups excluding carboxylic acids is 1. The Bertz CT molecular complexity index is 573. The minimum Gasteiger partial charge on any atom is -0.462 e. The van der Waals surface area contributed by atoms with Crippen molar-refractivity contribution in [3.8, 4) is 0 Å². The molecule has 120 valence electrons. The van der Waals surface area contributed by atoms with Crippen molar-refractivity contribution in [2.75, 3.05) is 6.54 Å². The van der Waals surface area contributed by atoms with Crippen molar-refractivity contribution < 1.29 is 9.21 Å². The highest BCUT2D eigenvalue weighted by atomic mass is 16.3. The molecule has 3 aliphatic rings. The molecule has 3 atom stereocenters. The van der Waals surface area contributed by atoms with Gasteiger partial charge in [0, 0.05) is 12.5 Å². The Hall–Kier alpha value is -1.29. The lowest BCUT2D eigenvalue weighted by atomic mass is 9.82. The number of carbonyl (C=O) groups is 1. The third-order valence-electron chi connectivity index (χ3n) is 5.83. The van der Waals surface area contributed by atoms with Crippen LogP contribution in [0.15, 0.2) is 16.5 Å². The number of hydrogen-bond acceptors (Lipinski definition) is 3. The molecule has 1 aromatic heterocycles. The number of nitrogens with one attached hydrogen (secondary N) is 1. The Balaban J connectivity index is 1.60. The van der Waals surface area contributed by atoms with E-state index in [1.807, 2.05) is 4.90 Å². The largest absolute Gasteiger partial charge is 0.462 e. The first-order valence-corrected chi connectivity index (χ1v) is 8.83. The Labute approximate surface area is 132 Å². The number of nitrogens with zero attached hydrogens (tertiary/aromatic N) is 1. The van der Waals surface area contributed by atoms with Gasteiger partial charge in [-0.25, -0.2) is 0 Å². The van der Waals surface area contributed by atoms with Crippen LogP contribution in [-0.4, -0.2) is 22.9 Å². The molecule has 0 radical (unpaired) electrons. The maximum Gasteiger partial charge on any atom is 0.244 e. The molecule has 3 fully saturated rings. The number of amides is 1. The van der Waals surface area contributed by atoms with Gasteiger partial charge in [0.1, 0.15) is 17.7 Å². The van der Waals surface area contributed by atoms with Crippen LogP contribution in [0.1, 0.15) is 76.0 Å². The summed E-state index contributed by atoms with van der Waals surface area (Å²) in [6, 6.07) is 4.17. The monoisotopic (exact) mass is 302 g/mol. The molecule has 0 bridgehead atoms. The van der Waals surface area contributed by atoms with Crippen molar-refractivity contribution in [3.63, 3.8) is 0 Å². The molecule has 4 heteroatoms. The van der Waals surface area contributed by atoms with Crippen LogP contribution in [0.2, 0.25) is 0 Å². The summed E-state index contributed by atoms with van der Waals surface area (Å²) in [6.45, 7) is 5.05. The minimum absolute atomic E-state index is 0.0848. The van der Waals surface area contributed by atoms with Gasteiger partial charge in [-0.05, 0) is 44.2 Å². The second-order valence-electron chi connectivity index (χ2n) is 7.34. The van der Waals surface area contributed by atoms with Gasteiger partial charge in [-0.1, -0.05) is 26.2 Å². The van der Waals surface area contributed by atoms with Crippen molar-refractivity contribution in [1.82, 2.24) is 10.2 Å². The minimum atomic E-state index is -0.335. The van der Waals surface area contributed by atoms with Crippen LogP contribution in [0.4, 0.5) is 0 Å². The molecule has 1 aromatic rings. The van der Waals surface area contributed by atoms with Crippen molar-refractivity contribution in [2.24, 2.45) is 5.92 Å². The Morgan fingerprint density at radius 1 is 1.27 bits per heavy atom. The fourth-order valence-electron chi connectivity index (χ4n) is 4.29. The molecule has 2 heterocycles. The highest BCUT2D eigenvalue weighted by molar-refractivity contribution is 5.89. The lowest BCUT2D eigenvalue weighted by molar-refractivity contribution is -0.134. The van der Waals surface area contributed by atoms with Gasteiger partial charge in [-0.15, -0.1) is 0 Å². The standard InChI is InChI=1S/C18H26N2O2/c1-3-20-16(15-8-7-14(22-15)13-11-12(13)2)19-18(17(20)21)9-5-4-6-10-18/h7-8,12-13,16,19H,3-6,9-11H2,1-2H3. The van der Waals surface area contributed by atoms with Crippen molar-refractivity contribution in [1.29, 1.82) is 0 Å². The molecule has 4 rings (SSSR count). The van der Waals surface area contributed by atoms with E-state index in [0.717, 1.165) is 49.7 Å². The predicted molar refractivity (Wildman–Crippen MR) is 84.3 cm³/mol. The van der Waals surface area contributed by atoms with E-state index in [9.17, 15) is 4.79 Å². The molecule has 0 aromatic carbocycles. The fraction of sp³-hybridized carbons (Fsp3) is 0.722. The molecule has 1 N–H and O–H groups in total. The van der Waals surface area contributed by atoms with E-state index in [1.54, 1.807) is 0 Å². The molecule has 2 aliphatic carbocycles. The zero-order chi connectivity index (χ0) is 15.3. The van der Waals surface area contributed by atoms with E-state index in [-0.39, 0.29) is 17.6 Å². The van der Waals surface area contributed by atoms with Crippen LogP contribution < -0.4 is 5.32 Å². The van der Waals surface area contributed by atoms with E-state index in [1.165, 1.54) is 12.8 Å². The summed E-state index contributed by atoms with van der Waals surface area (Å²) in [5, 5.41) is 3.64. The highest BCUT2D eigenvalue weighted by Gasteiger charge is 2.52. The first-order valence-electron chi connectivity index (χ1n) is 8.83. The molecule has 2 saturated carbocycles. The Morgan fingerprint density at radius 3 is 2.59 bits per heavy atom. The van der Waals surface area contributed by atoms with Crippen molar-refractivity contribution >= 4 is 5.91 Å². The van der Waals surface area contributed by atoms with Crippen molar-refractivity contribution in [2.45, 2.75) is 70.0 Å². The maximum atomic E-state index is 12.9. The molecule has 4 nitrogen and oxygen atoms in total. The summed E-state index contributed by atoms with van der Waals surface area (Å²) < 4.78 is 6.12. The SMILES string of the molecule is CCN1C(=O)C2(CCCCC2)NC1c1ccc(C2CC2C)o1. The zero-order valence-corrected chi connectivity index (χ0v) is 13.6. The zero-order valence-electron chi connectivity index (χ0n) is 13.6. The molecular weight excluding hydrogens is 276 g/mol. The van der Waals surface area contributed by atoms with Crippen LogP contribution in [0, 0.1) is 5.92 Å². The fourth-order valence-corrected chi connectivity index (χ4v) is 4.29. The van der Waals surface area contributed by atoms with Gasteiger partial charge in [-0.2, -0.15) is 0 Å².